The third-order valence-corrected chi connectivity index (χ3v) is 7.83. The van der Waals surface area contributed by atoms with Crippen molar-refractivity contribution in [3.63, 3.8) is 0 Å². The number of hydrogen-bond donors (Lipinski definition) is 0. The van der Waals surface area contributed by atoms with Crippen LogP contribution < -0.4 is 0 Å². The summed E-state index contributed by atoms with van der Waals surface area (Å²) in [5, 5.41) is -0.237. The molecule has 17 heavy (non-hydrogen) atoms. The van der Waals surface area contributed by atoms with Crippen molar-refractivity contribution in [3.8, 4) is 0 Å². The van der Waals surface area contributed by atoms with E-state index in [1.54, 1.807) is 0 Å². The first kappa shape index (κ1) is 12.0. The Morgan fingerprint density at radius 1 is 1.18 bits per heavy atom. The highest BCUT2D eigenvalue weighted by molar-refractivity contribution is 7.92. The summed E-state index contributed by atoms with van der Waals surface area (Å²) in [7, 11) is -2.95. The highest BCUT2D eigenvalue weighted by atomic mass is 32.2. The largest absolute Gasteiger partial charge is 0.373 e. The fourth-order valence-electron chi connectivity index (χ4n) is 5.02. The molecule has 3 saturated heterocycles. The lowest BCUT2D eigenvalue weighted by atomic mass is 9.59. The minimum Gasteiger partial charge on any atom is -0.373 e. The second-order valence-corrected chi connectivity index (χ2v) is 8.81. The zero-order valence-corrected chi connectivity index (χ0v) is 11.8. The highest BCUT2D eigenvalue weighted by Gasteiger charge is 2.72. The molecule has 0 amide bonds. The molecule has 0 spiro atoms. The van der Waals surface area contributed by atoms with E-state index < -0.39 is 9.84 Å². The Bertz CT molecular complexity index is 428. The average molecular weight is 258 g/mol. The van der Waals surface area contributed by atoms with E-state index in [1.807, 2.05) is 0 Å². The SMILES string of the molecule is CC(C)C1(C(C)C)C2CC3CS(=O)(=O)C1C3O2. The summed E-state index contributed by atoms with van der Waals surface area (Å²) in [5.74, 6) is 1.35. The smallest absolute Gasteiger partial charge is 0.156 e. The van der Waals surface area contributed by atoms with Crippen LogP contribution in [0.2, 0.25) is 0 Å². The van der Waals surface area contributed by atoms with Crippen molar-refractivity contribution >= 4 is 9.84 Å². The molecule has 0 aromatic carbocycles. The molecule has 0 saturated carbocycles. The Morgan fingerprint density at radius 3 is 2.29 bits per heavy atom. The molecule has 0 radical (unpaired) electrons. The van der Waals surface area contributed by atoms with Crippen LogP contribution in [0, 0.1) is 23.2 Å². The van der Waals surface area contributed by atoms with Crippen LogP contribution in [0.25, 0.3) is 0 Å². The predicted molar refractivity (Wildman–Crippen MR) is 66.5 cm³/mol. The van der Waals surface area contributed by atoms with Gasteiger partial charge in [0.05, 0.1) is 23.2 Å². The molecule has 4 unspecified atom stereocenters. The number of rotatable bonds is 2. The quantitative estimate of drug-likeness (QED) is 0.759. The van der Waals surface area contributed by atoms with Crippen LogP contribution in [0.4, 0.5) is 0 Å². The second-order valence-electron chi connectivity index (χ2n) is 6.64. The zero-order chi connectivity index (χ0) is 12.6. The molecule has 0 aromatic rings. The van der Waals surface area contributed by atoms with Gasteiger partial charge in [-0.05, 0) is 18.3 Å². The number of hydrogen-bond acceptors (Lipinski definition) is 3. The standard InChI is InChI=1S/C13H22O3S/c1-7(2)13(8(3)4)10-5-9-6-17(14,15)12(13)11(9)16-10/h7-12H,5-6H2,1-4H3. The molecule has 3 nitrogen and oxygen atoms in total. The Kier molecular flexibility index (Phi) is 2.30. The van der Waals surface area contributed by atoms with Gasteiger partial charge in [-0.3, -0.25) is 0 Å². The lowest BCUT2D eigenvalue weighted by Crippen LogP contribution is -2.52. The zero-order valence-electron chi connectivity index (χ0n) is 11.0. The lowest BCUT2D eigenvalue weighted by Gasteiger charge is -2.45. The molecule has 3 rings (SSSR count). The van der Waals surface area contributed by atoms with Crippen LogP contribution in [0.1, 0.15) is 34.1 Å². The van der Waals surface area contributed by atoms with Crippen LogP contribution in [0.15, 0.2) is 0 Å². The van der Waals surface area contributed by atoms with Gasteiger partial charge >= 0.3 is 0 Å². The first-order valence-corrected chi connectivity index (χ1v) is 8.40. The summed E-state index contributed by atoms with van der Waals surface area (Å²) in [6, 6.07) is 0. The van der Waals surface area contributed by atoms with E-state index in [0.717, 1.165) is 6.42 Å². The molecule has 4 heteroatoms. The molecule has 98 valence electrons. The maximum atomic E-state index is 12.4. The first-order valence-electron chi connectivity index (χ1n) is 6.68. The molecule has 3 fully saturated rings. The van der Waals surface area contributed by atoms with E-state index in [4.69, 9.17) is 4.74 Å². The summed E-state index contributed by atoms with van der Waals surface area (Å²) in [6.45, 7) is 8.64. The van der Waals surface area contributed by atoms with Crippen molar-refractivity contribution in [2.24, 2.45) is 23.2 Å². The van der Waals surface area contributed by atoms with Crippen molar-refractivity contribution < 1.29 is 13.2 Å². The Hall–Kier alpha value is -0.0900. The summed E-state index contributed by atoms with van der Waals surface area (Å²) in [5.41, 5.74) is -0.156. The maximum Gasteiger partial charge on any atom is 0.156 e. The highest BCUT2D eigenvalue weighted by Crippen LogP contribution is 2.63. The van der Waals surface area contributed by atoms with Gasteiger partial charge < -0.3 is 4.74 Å². The van der Waals surface area contributed by atoms with E-state index in [2.05, 4.69) is 27.7 Å². The molecule has 3 heterocycles. The van der Waals surface area contributed by atoms with Gasteiger partial charge in [-0.1, -0.05) is 27.7 Å². The van der Waals surface area contributed by atoms with Gasteiger partial charge in [-0.2, -0.15) is 0 Å². The molecular weight excluding hydrogens is 236 g/mol. The van der Waals surface area contributed by atoms with Crippen molar-refractivity contribution in [3.05, 3.63) is 0 Å². The summed E-state index contributed by atoms with van der Waals surface area (Å²) >= 11 is 0. The van der Waals surface area contributed by atoms with E-state index in [9.17, 15) is 8.42 Å². The fraction of sp³-hybridized carbons (Fsp3) is 1.00. The fourth-order valence-corrected chi connectivity index (χ4v) is 8.16. The van der Waals surface area contributed by atoms with Crippen LogP contribution in [0.5, 0.6) is 0 Å². The van der Waals surface area contributed by atoms with Gasteiger partial charge in [0.2, 0.25) is 0 Å². The third kappa shape index (κ3) is 1.19. The molecular formula is C13H22O3S. The topological polar surface area (TPSA) is 43.4 Å². The number of sulfone groups is 1. The predicted octanol–water partition coefficient (Wildman–Crippen LogP) is 1.87. The molecule has 0 N–H and O–H groups in total. The maximum absolute atomic E-state index is 12.4. The van der Waals surface area contributed by atoms with Gasteiger partial charge in [0, 0.05) is 11.3 Å². The van der Waals surface area contributed by atoms with Crippen LogP contribution in [0.3, 0.4) is 0 Å². The van der Waals surface area contributed by atoms with Gasteiger partial charge in [-0.25, -0.2) is 8.42 Å². The second kappa shape index (κ2) is 3.27. The van der Waals surface area contributed by atoms with Crippen LogP contribution >= 0.6 is 0 Å². The van der Waals surface area contributed by atoms with Gasteiger partial charge in [-0.15, -0.1) is 0 Å². The molecule has 0 aliphatic carbocycles. The van der Waals surface area contributed by atoms with Gasteiger partial charge in [0.15, 0.2) is 9.84 Å². The van der Waals surface area contributed by atoms with E-state index in [1.165, 1.54) is 0 Å². The normalized spacial score (nSPS) is 45.1. The number of fused-ring (bicyclic) bond motifs is 1. The summed E-state index contributed by atoms with van der Waals surface area (Å²) < 4.78 is 30.9. The van der Waals surface area contributed by atoms with Crippen molar-refractivity contribution in [1.29, 1.82) is 0 Å². The van der Waals surface area contributed by atoms with E-state index >= 15 is 0 Å². The third-order valence-electron chi connectivity index (χ3n) is 5.48. The Balaban J connectivity index is 2.18. The number of ether oxygens (including phenoxy) is 1. The Labute approximate surface area is 104 Å². The van der Waals surface area contributed by atoms with Crippen LogP contribution in [-0.2, 0) is 14.6 Å². The Morgan fingerprint density at radius 2 is 1.76 bits per heavy atom. The molecule has 2 bridgehead atoms. The monoisotopic (exact) mass is 258 g/mol. The van der Waals surface area contributed by atoms with Gasteiger partial charge in [0.1, 0.15) is 0 Å². The molecule has 0 aromatic heterocycles. The molecule has 3 aliphatic heterocycles. The first-order chi connectivity index (χ1) is 7.81. The molecule has 4 atom stereocenters. The average Bonchev–Trinajstić information content (AvgIpc) is 2.73. The summed E-state index contributed by atoms with van der Waals surface area (Å²) in [4.78, 5) is 0. The lowest BCUT2D eigenvalue weighted by molar-refractivity contribution is 0.00640. The van der Waals surface area contributed by atoms with Gasteiger partial charge in [0.25, 0.3) is 0 Å². The van der Waals surface area contributed by atoms with Crippen molar-refractivity contribution in [1.82, 2.24) is 0 Å². The van der Waals surface area contributed by atoms with Crippen molar-refractivity contribution in [2.75, 3.05) is 5.75 Å². The van der Waals surface area contributed by atoms with Crippen molar-refractivity contribution in [2.45, 2.75) is 51.6 Å². The molecule has 3 aliphatic rings. The van der Waals surface area contributed by atoms with E-state index in [-0.39, 0.29) is 28.8 Å². The summed E-state index contributed by atoms with van der Waals surface area (Å²) in [6.07, 6.45) is 1.12. The minimum absolute atomic E-state index is 0.00481. The van der Waals surface area contributed by atoms with E-state index in [0.29, 0.717) is 17.6 Å². The minimum atomic E-state index is -2.95. The van der Waals surface area contributed by atoms with Crippen LogP contribution in [-0.4, -0.2) is 31.6 Å².